The zero-order chi connectivity index (χ0) is 16.8. The number of nitrogens with zero attached hydrogens (tertiary/aromatic N) is 2. The van der Waals surface area contributed by atoms with E-state index in [0.29, 0.717) is 17.7 Å². The molecule has 0 bridgehead atoms. The van der Waals surface area contributed by atoms with Crippen molar-refractivity contribution < 1.29 is 10.2 Å². The molecule has 2 aromatic carbocycles. The molecule has 24 heavy (non-hydrogen) atoms. The van der Waals surface area contributed by atoms with Crippen molar-refractivity contribution in [1.29, 1.82) is 0 Å². The SMILES string of the molecule is Oc1ccc(/C(Cc2ccccn2)=N\Nc2ccccc2)c(O)c1. The molecular weight excluding hydrogens is 302 g/mol. The Balaban J connectivity index is 1.93. The lowest BCUT2D eigenvalue weighted by Crippen LogP contribution is -2.09. The molecule has 1 heterocycles. The van der Waals surface area contributed by atoms with Crippen LogP contribution in [0.4, 0.5) is 5.69 Å². The highest BCUT2D eigenvalue weighted by atomic mass is 16.3. The van der Waals surface area contributed by atoms with Crippen molar-refractivity contribution in [1.82, 2.24) is 4.98 Å². The van der Waals surface area contributed by atoms with Crippen molar-refractivity contribution in [3.8, 4) is 11.5 Å². The topological polar surface area (TPSA) is 77.7 Å². The van der Waals surface area contributed by atoms with Crippen LogP contribution in [-0.2, 0) is 6.42 Å². The standard InChI is InChI=1S/C19H17N3O2/c23-16-9-10-17(19(24)13-16)18(12-15-8-4-5-11-20-15)22-21-14-6-2-1-3-7-14/h1-11,13,21,23-24H,12H2/b22-18-. The molecule has 0 aliphatic rings. The Morgan fingerprint density at radius 2 is 1.75 bits per heavy atom. The van der Waals surface area contributed by atoms with Crippen LogP contribution in [0, 0.1) is 0 Å². The van der Waals surface area contributed by atoms with Gasteiger partial charge in [0.05, 0.1) is 11.4 Å². The normalized spacial score (nSPS) is 11.2. The fraction of sp³-hybridized carbons (Fsp3) is 0.0526. The molecule has 5 nitrogen and oxygen atoms in total. The number of hydrogen-bond donors (Lipinski definition) is 3. The maximum atomic E-state index is 10.1. The maximum Gasteiger partial charge on any atom is 0.128 e. The van der Waals surface area contributed by atoms with E-state index in [1.807, 2.05) is 48.5 Å². The minimum atomic E-state index is -0.0282. The summed E-state index contributed by atoms with van der Waals surface area (Å²) in [5, 5.41) is 24.1. The van der Waals surface area contributed by atoms with Gasteiger partial charge in [-0.25, -0.2) is 0 Å². The van der Waals surface area contributed by atoms with Gasteiger partial charge < -0.3 is 10.2 Å². The Morgan fingerprint density at radius 3 is 2.46 bits per heavy atom. The summed E-state index contributed by atoms with van der Waals surface area (Å²) in [6, 6.07) is 19.7. The van der Waals surface area contributed by atoms with Crippen LogP contribution in [0.1, 0.15) is 11.3 Å². The molecular formula is C19H17N3O2. The van der Waals surface area contributed by atoms with E-state index in [9.17, 15) is 10.2 Å². The number of pyridine rings is 1. The van der Waals surface area contributed by atoms with Crippen molar-refractivity contribution >= 4 is 11.4 Å². The largest absolute Gasteiger partial charge is 0.508 e. The van der Waals surface area contributed by atoms with Gasteiger partial charge in [0.15, 0.2) is 0 Å². The van der Waals surface area contributed by atoms with Gasteiger partial charge in [-0.1, -0.05) is 24.3 Å². The second-order valence-electron chi connectivity index (χ2n) is 5.24. The molecule has 0 unspecified atom stereocenters. The number of hydrazone groups is 1. The minimum absolute atomic E-state index is 0.00412. The Bertz CT molecular complexity index is 834. The molecule has 0 amide bonds. The Labute approximate surface area is 139 Å². The lowest BCUT2D eigenvalue weighted by Gasteiger charge is -2.10. The number of para-hydroxylation sites is 1. The summed E-state index contributed by atoms with van der Waals surface area (Å²) in [4.78, 5) is 4.31. The third-order valence-corrected chi connectivity index (χ3v) is 3.46. The van der Waals surface area contributed by atoms with E-state index < -0.39 is 0 Å². The fourth-order valence-electron chi connectivity index (χ4n) is 2.28. The van der Waals surface area contributed by atoms with Crippen molar-refractivity contribution in [3.63, 3.8) is 0 Å². The molecule has 0 saturated heterocycles. The van der Waals surface area contributed by atoms with E-state index >= 15 is 0 Å². The quantitative estimate of drug-likeness (QED) is 0.496. The van der Waals surface area contributed by atoms with Crippen LogP contribution in [0.5, 0.6) is 11.5 Å². The van der Waals surface area contributed by atoms with Crippen LogP contribution in [0.3, 0.4) is 0 Å². The summed E-state index contributed by atoms with van der Waals surface area (Å²) >= 11 is 0. The number of aromatic nitrogens is 1. The van der Waals surface area contributed by atoms with E-state index in [-0.39, 0.29) is 11.5 Å². The Hall–Kier alpha value is -3.34. The van der Waals surface area contributed by atoms with Crippen molar-refractivity contribution in [2.45, 2.75) is 6.42 Å². The summed E-state index contributed by atoms with van der Waals surface area (Å²) in [5.41, 5.74) is 5.83. The highest BCUT2D eigenvalue weighted by molar-refractivity contribution is 6.04. The molecule has 0 saturated carbocycles. The number of phenolic OH excluding ortho intramolecular Hbond substituents is 2. The molecule has 3 aromatic rings. The van der Waals surface area contributed by atoms with Gasteiger partial charge in [0.25, 0.3) is 0 Å². The predicted molar refractivity (Wildman–Crippen MR) is 94.3 cm³/mol. The predicted octanol–water partition coefficient (Wildman–Crippen LogP) is 3.55. The lowest BCUT2D eigenvalue weighted by atomic mass is 10.0. The maximum absolute atomic E-state index is 10.1. The average molecular weight is 319 g/mol. The molecule has 0 aliphatic heterocycles. The second kappa shape index (κ2) is 7.28. The van der Waals surface area contributed by atoms with Crippen molar-refractivity contribution in [2.75, 3.05) is 5.43 Å². The first-order valence-electron chi connectivity index (χ1n) is 7.52. The zero-order valence-corrected chi connectivity index (χ0v) is 12.9. The van der Waals surface area contributed by atoms with Gasteiger partial charge in [0, 0.05) is 29.9 Å². The molecule has 120 valence electrons. The zero-order valence-electron chi connectivity index (χ0n) is 12.9. The van der Waals surface area contributed by atoms with Crippen LogP contribution >= 0.6 is 0 Å². The molecule has 1 aromatic heterocycles. The number of benzene rings is 2. The van der Waals surface area contributed by atoms with Gasteiger partial charge in [0.1, 0.15) is 11.5 Å². The third-order valence-electron chi connectivity index (χ3n) is 3.46. The summed E-state index contributed by atoms with van der Waals surface area (Å²) in [6.45, 7) is 0. The molecule has 0 atom stereocenters. The lowest BCUT2D eigenvalue weighted by molar-refractivity contribution is 0.450. The van der Waals surface area contributed by atoms with Crippen LogP contribution < -0.4 is 5.43 Å². The highest BCUT2D eigenvalue weighted by Gasteiger charge is 2.12. The van der Waals surface area contributed by atoms with Crippen molar-refractivity contribution in [3.05, 3.63) is 84.2 Å². The second-order valence-corrected chi connectivity index (χ2v) is 5.24. The van der Waals surface area contributed by atoms with Gasteiger partial charge >= 0.3 is 0 Å². The first kappa shape index (κ1) is 15.6. The first-order valence-corrected chi connectivity index (χ1v) is 7.52. The number of aromatic hydroxyl groups is 2. The van der Waals surface area contributed by atoms with Gasteiger partial charge in [-0.05, 0) is 36.4 Å². The summed E-state index contributed by atoms with van der Waals surface area (Å²) in [6.07, 6.45) is 2.16. The molecule has 0 spiro atoms. The monoisotopic (exact) mass is 319 g/mol. The molecule has 0 radical (unpaired) electrons. The highest BCUT2D eigenvalue weighted by Crippen LogP contribution is 2.24. The first-order chi connectivity index (χ1) is 11.7. The van der Waals surface area contributed by atoms with E-state index in [4.69, 9.17) is 0 Å². The van der Waals surface area contributed by atoms with Crippen LogP contribution in [0.25, 0.3) is 0 Å². The van der Waals surface area contributed by atoms with E-state index in [1.54, 1.807) is 12.3 Å². The number of rotatable bonds is 5. The fourth-order valence-corrected chi connectivity index (χ4v) is 2.28. The van der Waals surface area contributed by atoms with E-state index in [2.05, 4.69) is 15.5 Å². The molecule has 0 fully saturated rings. The minimum Gasteiger partial charge on any atom is -0.508 e. The average Bonchev–Trinajstić information content (AvgIpc) is 2.61. The number of hydrogen-bond acceptors (Lipinski definition) is 5. The van der Waals surface area contributed by atoms with Crippen LogP contribution in [0.15, 0.2) is 78.0 Å². The van der Waals surface area contributed by atoms with Gasteiger partial charge in [0.2, 0.25) is 0 Å². The summed E-state index contributed by atoms with van der Waals surface area (Å²) in [5.74, 6) is -0.0241. The smallest absolute Gasteiger partial charge is 0.128 e. The van der Waals surface area contributed by atoms with Crippen LogP contribution in [0.2, 0.25) is 0 Å². The van der Waals surface area contributed by atoms with E-state index in [0.717, 1.165) is 11.4 Å². The molecule has 5 heteroatoms. The Kier molecular flexibility index (Phi) is 4.72. The summed E-state index contributed by atoms with van der Waals surface area (Å²) in [7, 11) is 0. The number of nitrogens with one attached hydrogen (secondary N) is 1. The Morgan fingerprint density at radius 1 is 0.958 bits per heavy atom. The van der Waals surface area contributed by atoms with E-state index in [1.165, 1.54) is 12.1 Å². The van der Waals surface area contributed by atoms with Gasteiger partial charge in [-0.15, -0.1) is 0 Å². The van der Waals surface area contributed by atoms with Gasteiger partial charge in [-0.2, -0.15) is 5.10 Å². The van der Waals surface area contributed by atoms with Crippen LogP contribution in [-0.4, -0.2) is 20.9 Å². The molecule has 0 aliphatic carbocycles. The summed E-state index contributed by atoms with van der Waals surface area (Å²) < 4.78 is 0. The third kappa shape index (κ3) is 3.89. The van der Waals surface area contributed by atoms with Gasteiger partial charge in [-0.3, -0.25) is 10.4 Å². The molecule has 3 N–H and O–H groups in total. The van der Waals surface area contributed by atoms with Crippen molar-refractivity contribution in [2.24, 2.45) is 5.10 Å². The number of anilines is 1. The number of phenols is 2. The molecule has 3 rings (SSSR count).